The average molecular weight is 241 g/mol. The highest BCUT2D eigenvalue weighted by Crippen LogP contribution is 2.28. The van der Waals surface area contributed by atoms with Gasteiger partial charge in [0.15, 0.2) is 0 Å². The van der Waals surface area contributed by atoms with Gasteiger partial charge < -0.3 is 4.98 Å². The summed E-state index contributed by atoms with van der Waals surface area (Å²) in [5, 5.41) is 4.53. The van der Waals surface area contributed by atoms with Gasteiger partial charge in [0.1, 0.15) is 5.65 Å². The summed E-state index contributed by atoms with van der Waals surface area (Å²) in [7, 11) is 0. The summed E-state index contributed by atoms with van der Waals surface area (Å²) in [6.07, 6.45) is -2.68. The van der Waals surface area contributed by atoms with Crippen LogP contribution in [0.2, 0.25) is 0 Å². The highest BCUT2D eigenvalue weighted by Gasteiger charge is 2.19. The molecule has 0 saturated carbocycles. The van der Waals surface area contributed by atoms with Gasteiger partial charge >= 0.3 is 0 Å². The Morgan fingerprint density at radius 2 is 2.06 bits per heavy atom. The smallest absolute Gasteiger partial charge is 0.264 e. The first kappa shape index (κ1) is 11.8. The quantitative estimate of drug-likeness (QED) is 0.878. The molecule has 2 aromatic heterocycles. The average Bonchev–Trinajstić information content (AvgIpc) is 2.54. The lowest BCUT2D eigenvalue weighted by molar-refractivity contribution is 0.153. The van der Waals surface area contributed by atoms with Crippen molar-refractivity contribution in [2.45, 2.75) is 33.2 Å². The molecule has 0 aliphatic carbocycles. The lowest BCUT2D eigenvalue weighted by atomic mass is 10.1. The van der Waals surface area contributed by atoms with Crippen molar-refractivity contribution in [3.8, 4) is 0 Å². The van der Waals surface area contributed by atoms with E-state index in [0.717, 1.165) is 6.07 Å². The molecule has 0 saturated heterocycles. The minimum atomic E-state index is -2.68. The van der Waals surface area contributed by atoms with Crippen molar-refractivity contribution in [2.75, 3.05) is 0 Å². The van der Waals surface area contributed by atoms with Gasteiger partial charge in [0.2, 0.25) is 5.56 Å². The zero-order chi connectivity index (χ0) is 12.7. The molecule has 0 amide bonds. The van der Waals surface area contributed by atoms with Crippen LogP contribution in [0.1, 0.15) is 37.6 Å². The first-order valence-electron chi connectivity index (χ1n) is 5.32. The number of aryl methyl sites for hydroxylation is 1. The minimum absolute atomic E-state index is 0.00484. The summed E-state index contributed by atoms with van der Waals surface area (Å²) in [5.41, 5.74) is 0.0725. The Hall–Kier alpha value is -1.72. The van der Waals surface area contributed by atoms with Crippen LogP contribution in [0.5, 0.6) is 0 Å². The van der Waals surface area contributed by atoms with Crippen molar-refractivity contribution in [1.29, 1.82) is 0 Å². The van der Waals surface area contributed by atoms with Crippen LogP contribution in [0.25, 0.3) is 11.0 Å². The van der Waals surface area contributed by atoms with Crippen LogP contribution in [0.3, 0.4) is 0 Å². The molecule has 2 aromatic rings. The van der Waals surface area contributed by atoms with Crippen molar-refractivity contribution >= 4 is 11.0 Å². The van der Waals surface area contributed by atoms with E-state index >= 15 is 0 Å². The number of aromatic nitrogens is 3. The molecular formula is C11H13F2N3O. The van der Waals surface area contributed by atoms with Gasteiger partial charge in [0.05, 0.1) is 5.69 Å². The number of aromatic amines is 1. The molecule has 0 unspecified atom stereocenters. The van der Waals surface area contributed by atoms with Crippen LogP contribution >= 0.6 is 0 Å². The topological polar surface area (TPSA) is 50.7 Å². The van der Waals surface area contributed by atoms with Gasteiger partial charge in [0, 0.05) is 23.1 Å². The summed E-state index contributed by atoms with van der Waals surface area (Å²) in [6.45, 7) is 5.41. The molecule has 0 spiro atoms. The number of alkyl halides is 2. The third-order valence-electron chi connectivity index (χ3n) is 2.63. The van der Waals surface area contributed by atoms with E-state index in [4.69, 9.17) is 0 Å². The van der Waals surface area contributed by atoms with Gasteiger partial charge in [0.25, 0.3) is 6.43 Å². The Bertz CT molecular complexity index is 613. The van der Waals surface area contributed by atoms with Crippen molar-refractivity contribution in [3.63, 3.8) is 0 Å². The standard InChI is InChI=1S/C11H13F2N3O/c1-5(2)16-11-9(6(3)15-16)7(10(12)13)4-8(17)14-11/h4-5,10H,1-3H3,(H,14,17). The van der Waals surface area contributed by atoms with E-state index in [1.807, 2.05) is 13.8 Å². The molecule has 0 fully saturated rings. The van der Waals surface area contributed by atoms with Crippen molar-refractivity contribution in [1.82, 2.24) is 14.8 Å². The summed E-state index contributed by atoms with van der Waals surface area (Å²) < 4.78 is 27.3. The molecule has 0 aliphatic rings. The molecule has 2 heterocycles. The molecule has 0 atom stereocenters. The molecule has 17 heavy (non-hydrogen) atoms. The third-order valence-corrected chi connectivity index (χ3v) is 2.63. The van der Waals surface area contributed by atoms with Crippen molar-refractivity contribution in [3.05, 3.63) is 27.7 Å². The van der Waals surface area contributed by atoms with E-state index in [-0.39, 0.29) is 11.6 Å². The molecule has 6 heteroatoms. The fraction of sp³-hybridized carbons (Fsp3) is 0.455. The molecule has 2 rings (SSSR count). The summed E-state index contributed by atoms with van der Waals surface area (Å²) in [6, 6.07) is 0.932. The number of hydrogen-bond acceptors (Lipinski definition) is 2. The maximum atomic E-state index is 12.9. The summed E-state index contributed by atoms with van der Waals surface area (Å²) in [5.74, 6) is 0. The van der Waals surface area contributed by atoms with Crippen molar-refractivity contribution in [2.24, 2.45) is 0 Å². The normalized spacial score (nSPS) is 11.9. The Balaban J connectivity index is 2.90. The van der Waals surface area contributed by atoms with E-state index in [2.05, 4.69) is 10.1 Å². The van der Waals surface area contributed by atoms with E-state index in [0.29, 0.717) is 16.7 Å². The van der Waals surface area contributed by atoms with Gasteiger partial charge in [-0.15, -0.1) is 0 Å². The lowest BCUT2D eigenvalue weighted by Crippen LogP contribution is -2.11. The third kappa shape index (κ3) is 1.83. The first-order valence-corrected chi connectivity index (χ1v) is 5.32. The van der Waals surface area contributed by atoms with Crippen LogP contribution < -0.4 is 5.56 Å². The highest BCUT2D eigenvalue weighted by atomic mass is 19.3. The van der Waals surface area contributed by atoms with Gasteiger partial charge in [-0.25, -0.2) is 13.5 Å². The molecule has 92 valence electrons. The van der Waals surface area contributed by atoms with E-state index in [1.165, 1.54) is 0 Å². The second kappa shape index (κ2) is 3.94. The Labute approximate surface area is 96.3 Å². The Morgan fingerprint density at radius 1 is 1.41 bits per heavy atom. The van der Waals surface area contributed by atoms with E-state index < -0.39 is 12.0 Å². The van der Waals surface area contributed by atoms with Crippen LogP contribution in [-0.2, 0) is 0 Å². The summed E-state index contributed by atoms with van der Waals surface area (Å²) in [4.78, 5) is 13.9. The molecule has 0 aromatic carbocycles. The predicted octanol–water partition coefficient (Wildman–Crippen LogP) is 2.55. The second-order valence-corrected chi connectivity index (χ2v) is 4.24. The van der Waals surface area contributed by atoms with Crippen LogP contribution in [0, 0.1) is 6.92 Å². The number of H-pyrrole nitrogens is 1. The summed E-state index contributed by atoms with van der Waals surface area (Å²) >= 11 is 0. The molecule has 0 radical (unpaired) electrons. The number of nitrogens with one attached hydrogen (secondary N) is 1. The number of pyridine rings is 1. The maximum Gasteiger partial charge on any atom is 0.264 e. The van der Waals surface area contributed by atoms with Crippen molar-refractivity contribution < 1.29 is 8.78 Å². The molecule has 1 N–H and O–H groups in total. The van der Waals surface area contributed by atoms with E-state index in [9.17, 15) is 13.6 Å². The number of fused-ring (bicyclic) bond motifs is 1. The Morgan fingerprint density at radius 3 is 2.59 bits per heavy atom. The van der Waals surface area contributed by atoms with Gasteiger partial charge in [-0.05, 0) is 20.8 Å². The van der Waals surface area contributed by atoms with Crippen LogP contribution in [0.15, 0.2) is 10.9 Å². The second-order valence-electron chi connectivity index (χ2n) is 4.24. The monoisotopic (exact) mass is 241 g/mol. The minimum Gasteiger partial charge on any atom is -0.307 e. The Kier molecular flexibility index (Phi) is 2.73. The molecule has 0 aliphatic heterocycles. The molecular weight excluding hydrogens is 228 g/mol. The predicted molar refractivity (Wildman–Crippen MR) is 60.4 cm³/mol. The largest absolute Gasteiger partial charge is 0.307 e. The fourth-order valence-electron chi connectivity index (χ4n) is 1.92. The SMILES string of the molecule is Cc1nn(C(C)C)c2[nH]c(=O)cc(C(F)F)c12. The number of halogens is 2. The van der Waals surface area contributed by atoms with E-state index in [1.54, 1.807) is 11.6 Å². The molecule has 0 bridgehead atoms. The number of nitrogens with zero attached hydrogens (tertiary/aromatic N) is 2. The maximum absolute atomic E-state index is 12.9. The zero-order valence-corrected chi connectivity index (χ0v) is 9.79. The number of hydrogen-bond donors (Lipinski definition) is 1. The number of rotatable bonds is 2. The van der Waals surface area contributed by atoms with Gasteiger partial charge in [-0.1, -0.05) is 0 Å². The first-order chi connectivity index (χ1) is 7.91. The fourth-order valence-corrected chi connectivity index (χ4v) is 1.92. The zero-order valence-electron chi connectivity index (χ0n) is 9.79. The lowest BCUT2D eigenvalue weighted by Gasteiger charge is -2.07. The molecule has 4 nitrogen and oxygen atoms in total. The van der Waals surface area contributed by atoms with Crippen LogP contribution in [-0.4, -0.2) is 14.8 Å². The van der Waals surface area contributed by atoms with Gasteiger partial charge in [-0.2, -0.15) is 5.10 Å². The van der Waals surface area contributed by atoms with Crippen LogP contribution in [0.4, 0.5) is 8.78 Å². The highest BCUT2D eigenvalue weighted by molar-refractivity contribution is 5.82. The van der Waals surface area contributed by atoms with Gasteiger partial charge in [-0.3, -0.25) is 4.79 Å².